The van der Waals surface area contributed by atoms with Crippen LogP contribution in [0.2, 0.25) is 0 Å². The lowest BCUT2D eigenvalue weighted by Gasteiger charge is -2.00. The molecule has 0 aliphatic rings. The normalized spacial score (nSPS) is 9.00. The van der Waals surface area contributed by atoms with Gasteiger partial charge in [-0.05, 0) is 18.1 Å². The molecule has 1 rings (SSSR count). The molecule has 0 aromatic heterocycles. The first-order chi connectivity index (χ1) is 5.74. The maximum atomic E-state index is 8.44. The molecule has 0 N–H and O–H groups in total. The van der Waals surface area contributed by atoms with Crippen LogP contribution in [0.3, 0.4) is 0 Å². The van der Waals surface area contributed by atoms with Crippen molar-refractivity contribution < 1.29 is 0 Å². The average Bonchev–Trinajstić information content (AvgIpc) is 2.06. The van der Waals surface area contributed by atoms with Crippen molar-refractivity contribution >= 4 is 5.57 Å². The smallest absolute Gasteiger partial charge is 0.0669 e. The Labute approximate surface area is 73.0 Å². The van der Waals surface area contributed by atoms with Crippen LogP contribution < -0.4 is 0 Å². The average molecular weight is 157 g/mol. The van der Waals surface area contributed by atoms with Crippen molar-refractivity contribution in [1.82, 2.24) is 0 Å². The van der Waals surface area contributed by atoms with Crippen LogP contribution in [0, 0.1) is 18.3 Å². The van der Waals surface area contributed by atoms with Crippen molar-refractivity contribution in [2.45, 2.75) is 13.3 Å². The van der Waals surface area contributed by atoms with Crippen molar-refractivity contribution in [3.05, 3.63) is 42.0 Å². The summed E-state index contributed by atoms with van der Waals surface area (Å²) < 4.78 is 0. The fraction of sp³-hybridized carbons (Fsp3) is 0.182. The van der Waals surface area contributed by atoms with E-state index in [-0.39, 0.29) is 0 Å². The number of nitrogens with zero attached hydrogens (tertiary/aromatic N) is 1. The Hall–Kier alpha value is -1.55. The highest BCUT2D eigenvalue weighted by Gasteiger charge is 1.96. The molecule has 0 amide bonds. The minimum atomic E-state index is 0.406. The van der Waals surface area contributed by atoms with E-state index in [1.807, 2.05) is 31.2 Å². The van der Waals surface area contributed by atoms with Gasteiger partial charge >= 0.3 is 0 Å². The molecule has 1 heteroatoms. The Morgan fingerprint density at radius 2 is 2.00 bits per heavy atom. The van der Waals surface area contributed by atoms with Gasteiger partial charge in [0.15, 0.2) is 0 Å². The zero-order chi connectivity index (χ0) is 8.97. The Morgan fingerprint density at radius 3 is 2.50 bits per heavy atom. The predicted molar refractivity (Wildman–Crippen MR) is 50.4 cm³/mol. The highest BCUT2D eigenvalue weighted by molar-refractivity contribution is 5.64. The summed E-state index contributed by atoms with van der Waals surface area (Å²) in [6, 6.07) is 10.1. The molecule has 0 saturated carbocycles. The number of aryl methyl sites for hydroxylation is 1. The molecule has 0 aliphatic heterocycles. The molecule has 0 heterocycles. The molecule has 0 saturated heterocycles. The Morgan fingerprint density at radius 1 is 1.42 bits per heavy atom. The zero-order valence-electron chi connectivity index (χ0n) is 7.17. The Balaban J connectivity index is 2.84. The van der Waals surface area contributed by atoms with Gasteiger partial charge in [0.05, 0.1) is 12.5 Å². The van der Waals surface area contributed by atoms with Crippen molar-refractivity contribution in [1.29, 1.82) is 5.26 Å². The molecule has 12 heavy (non-hydrogen) atoms. The van der Waals surface area contributed by atoms with Crippen LogP contribution in [0.25, 0.3) is 5.57 Å². The minimum absolute atomic E-state index is 0.406. The Kier molecular flexibility index (Phi) is 2.66. The van der Waals surface area contributed by atoms with E-state index in [0.717, 1.165) is 11.1 Å². The van der Waals surface area contributed by atoms with E-state index in [9.17, 15) is 0 Å². The maximum absolute atomic E-state index is 8.44. The number of hydrogen-bond donors (Lipinski definition) is 0. The lowest BCUT2D eigenvalue weighted by atomic mass is 10.0. The summed E-state index contributed by atoms with van der Waals surface area (Å²) in [5.41, 5.74) is 3.17. The summed E-state index contributed by atoms with van der Waals surface area (Å²) in [6.07, 6.45) is 0.406. The highest BCUT2D eigenvalue weighted by Crippen LogP contribution is 2.15. The summed E-state index contributed by atoms with van der Waals surface area (Å²) in [5, 5.41) is 8.44. The standard InChI is InChI=1S/C11H11N/c1-9-3-5-11(6-4-9)10(2)7-8-12/h3-6H,2,7H2,1H3. The van der Waals surface area contributed by atoms with E-state index < -0.39 is 0 Å². The molecular weight excluding hydrogens is 146 g/mol. The lowest BCUT2D eigenvalue weighted by molar-refractivity contribution is 1.35. The molecule has 1 aromatic carbocycles. The van der Waals surface area contributed by atoms with E-state index >= 15 is 0 Å². The number of rotatable bonds is 2. The fourth-order valence-corrected chi connectivity index (χ4v) is 0.987. The van der Waals surface area contributed by atoms with Crippen LogP contribution in [-0.2, 0) is 0 Å². The predicted octanol–water partition coefficient (Wildman–Crippen LogP) is 2.92. The molecule has 0 atom stereocenters. The first kappa shape index (κ1) is 8.55. The Bertz CT molecular complexity index is 314. The molecule has 0 aliphatic carbocycles. The van der Waals surface area contributed by atoms with E-state index in [0.29, 0.717) is 6.42 Å². The molecule has 0 bridgehead atoms. The van der Waals surface area contributed by atoms with Crippen LogP contribution in [0.4, 0.5) is 0 Å². The van der Waals surface area contributed by atoms with Crippen LogP contribution in [-0.4, -0.2) is 0 Å². The van der Waals surface area contributed by atoms with Crippen LogP contribution in [0.5, 0.6) is 0 Å². The summed E-state index contributed by atoms with van der Waals surface area (Å²) >= 11 is 0. The first-order valence-electron chi connectivity index (χ1n) is 3.86. The van der Waals surface area contributed by atoms with Gasteiger partial charge in [-0.15, -0.1) is 0 Å². The number of benzene rings is 1. The molecule has 1 nitrogen and oxygen atoms in total. The SMILES string of the molecule is C=C(CC#N)c1ccc(C)cc1. The van der Waals surface area contributed by atoms with Crippen molar-refractivity contribution in [2.75, 3.05) is 0 Å². The molecule has 0 radical (unpaired) electrons. The molecule has 1 aromatic rings. The van der Waals surface area contributed by atoms with Crippen LogP contribution in [0.1, 0.15) is 17.5 Å². The van der Waals surface area contributed by atoms with Gasteiger partial charge in [-0.1, -0.05) is 36.4 Å². The van der Waals surface area contributed by atoms with Crippen molar-refractivity contribution in [2.24, 2.45) is 0 Å². The van der Waals surface area contributed by atoms with Gasteiger partial charge in [-0.25, -0.2) is 0 Å². The summed E-state index contributed by atoms with van der Waals surface area (Å²) in [7, 11) is 0. The van der Waals surface area contributed by atoms with Gasteiger partial charge in [-0.2, -0.15) is 5.26 Å². The first-order valence-corrected chi connectivity index (χ1v) is 3.86. The molecule has 60 valence electrons. The second kappa shape index (κ2) is 3.73. The zero-order valence-corrected chi connectivity index (χ0v) is 7.17. The van der Waals surface area contributed by atoms with Gasteiger partial charge < -0.3 is 0 Å². The third kappa shape index (κ3) is 1.96. The molecule has 0 fully saturated rings. The number of hydrogen-bond acceptors (Lipinski definition) is 1. The maximum Gasteiger partial charge on any atom is 0.0669 e. The summed E-state index contributed by atoms with van der Waals surface area (Å²) in [5.74, 6) is 0. The lowest BCUT2D eigenvalue weighted by Crippen LogP contribution is -1.81. The van der Waals surface area contributed by atoms with Gasteiger partial charge in [0.2, 0.25) is 0 Å². The quantitative estimate of drug-likeness (QED) is 0.647. The third-order valence-electron chi connectivity index (χ3n) is 1.75. The second-order valence-corrected chi connectivity index (χ2v) is 2.80. The van der Waals surface area contributed by atoms with Crippen LogP contribution in [0.15, 0.2) is 30.8 Å². The van der Waals surface area contributed by atoms with E-state index in [1.165, 1.54) is 5.56 Å². The second-order valence-electron chi connectivity index (χ2n) is 2.80. The van der Waals surface area contributed by atoms with E-state index in [2.05, 4.69) is 12.6 Å². The van der Waals surface area contributed by atoms with E-state index in [4.69, 9.17) is 5.26 Å². The van der Waals surface area contributed by atoms with Gasteiger partial charge in [0.1, 0.15) is 0 Å². The van der Waals surface area contributed by atoms with Crippen molar-refractivity contribution in [3.8, 4) is 6.07 Å². The monoisotopic (exact) mass is 157 g/mol. The van der Waals surface area contributed by atoms with Gasteiger partial charge in [-0.3, -0.25) is 0 Å². The molecular formula is C11H11N. The van der Waals surface area contributed by atoms with Gasteiger partial charge in [0, 0.05) is 0 Å². The highest BCUT2D eigenvalue weighted by atomic mass is 14.2. The number of nitriles is 1. The summed E-state index contributed by atoms with van der Waals surface area (Å²) in [6.45, 7) is 5.86. The van der Waals surface area contributed by atoms with E-state index in [1.54, 1.807) is 0 Å². The third-order valence-corrected chi connectivity index (χ3v) is 1.75. The molecule has 0 unspecified atom stereocenters. The molecule has 0 spiro atoms. The fourth-order valence-electron chi connectivity index (χ4n) is 0.987. The van der Waals surface area contributed by atoms with Crippen molar-refractivity contribution in [3.63, 3.8) is 0 Å². The largest absolute Gasteiger partial charge is 0.198 e. The topological polar surface area (TPSA) is 23.8 Å². The number of allylic oxidation sites excluding steroid dienone is 1. The summed E-state index contributed by atoms with van der Waals surface area (Å²) in [4.78, 5) is 0. The van der Waals surface area contributed by atoms with Crippen LogP contribution >= 0.6 is 0 Å². The minimum Gasteiger partial charge on any atom is -0.198 e. The van der Waals surface area contributed by atoms with Gasteiger partial charge in [0.25, 0.3) is 0 Å².